The van der Waals surface area contributed by atoms with Gasteiger partial charge in [-0.15, -0.1) is 0 Å². The number of nitrogens with one attached hydrogen (secondary N) is 1. The third kappa shape index (κ3) is 8.54. The summed E-state index contributed by atoms with van der Waals surface area (Å²) >= 11 is 0. The Morgan fingerprint density at radius 3 is 2.33 bits per heavy atom. The number of hydrogen-bond donors (Lipinski definition) is 1. The van der Waals surface area contributed by atoms with Crippen LogP contribution in [0.15, 0.2) is 77.7 Å². The van der Waals surface area contributed by atoms with E-state index in [1.807, 2.05) is 37.3 Å². The highest BCUT2D eigenvalue weighted by Crippen LogP contribution is 2.29. The van der Waals surface area contributed by atoms with Gasteiger partial charge in [-0.05, 0) is 62.6 Å². The number of nitrogens with zero attached hydrogens (tertiary/aromatic N) is 3. The van der Waals surface area contributed by atoms with Gasteiger partial charge in [-0.1, -0.05) is 49.7 Å². The van der Waals surface area contributed by atoms with Gasteiger partial charge in [0, 0.05) is 24.7 Å². The monoisotopic (exact) mass is 610 g/mol. The van der Waals surface area contributed by atoms with Gasteiger partial charge < -0.3 is 15.0 Å². The van der Waals surface area contributed by atoms with E-state index in [0.717, 1.165) is 28.8 Å². The first-order chi connectivity index (χ1) is 20.5. The molecule has 0 saturated carbocycles. The van der Waals surface area contributed by atoms with Crippen LogP contribution < -0.4 is 14.4 Å². The van der Waals surface area contributed by atoms with Crippen molar-refractivity contribution in [1.29, 1.82) is 0 Å². The number of carbonyl (C=O) groups excluding carboxylic acids is 2. The first kappa shape index (κ1) is 33.1. The maximum absolute atomic E-state index is 14.0. The third-order valence-corrected chi connectivity index (χ3v) is 8.86. The molecule has 11 nitrogen and oxygen atoms in total. The fourth-order valence-electron chi connectivity index (χ4n) is 4.46. The van der Waals surface area contributed by atoms with Gasteiger partial charge in [0.05, 0.1) is 22.6 Å². The minimum atomic E-state index is -4.47. The Labute approximate surface area is 252 Å². The zero-order valence-electron chi connectivity index (χ0n) is 24.9. The molecule has 3 rings (SSSR count). The average molecular weight is 611 g/mol. The Morgan fingerprint density at radius 1 is 1.05 bits per heavy atom. The van der Waals surface area contributed by atoms with Gasteiger partial charge in [0.1, 0.15) is 18.3 Å². The molecular weight excluding hydrogens is 572 g/mol. The molecule has 1 atom stereocenters. The van der Waals surface area contributed by atoms with Crippen LogP contribution in [0.5, 0.6) is 5.75 Å². The Hall–Kier alpha value is -4.45. The number of sulfonamides is 1. The van der Waals surface area contributed by atoms with E-state index in [2.05, 4.69) is 5.32 Å². The number of rotatable bonds is 15. The molecule has 3 aromatic carbocycles. The predicted octanol–water partition coefficient (Wildman–Crippen LogP) is 4.48. The maximum atomic E-state index is 14.0. The van der Waals surface area contributed by atoms with E-state index in [-0.39, 0.29) is 28.7 Å². The van der Waals surface area contributed by atoms with E-state index >= 15 is 0 Å². The zero-order valence-corrected chi connectivity index (χ0v) is 25.7. The lowest BCUT2D eigenvalue weighted by molar-refractivity contribution is -0.385. The Kier molecular flexibility index (Phi) is 11.6. The number of unbranched alkanes of at least 4 members (excludes halogenated alkanes) is 1. The number of amides is 2. The number of hydrogen-bond acceptors (Lipinski definition) is 7. The molecule has 0 aliphatic carbocycles. The molecule has 1 N–H and O–H groups in total. The molecular formula is C31H38N4O7S. The van der Waals surface area contributed by atoms with Crippen LogP contribution in [0.2, 0.25) is 0 Å². The molecule has 0 radical (unpaired) electrons. The van der Waals surface area contributed by atoms with Crippen LogP contribution in [0.25, 0.3) is 0 Å². The van der Waals surface area contributed by atoms with Crippen LogP contribution in [-0.4, -0.2) is 62.8 Å². The number of benzene rings is 3. The number of anilines is 1. The predicted molar refractivity (Wildman–Crippen MR) is 165 cm³/mol. The summed E-state index contributed by atoms with van der Waals surface area (Å²) < 4.78 is 34.1. The summed E-state index contributed by atoms with van der Waals surface area (Å²) in [5, 5.41) is 14.4. The number of ether oxygens (including phenoxy) is 1. The van der Waals surface area contributed by atoms with Gasteiger partial charge in [0.15, 0.2) is 0 Å². The lowest BCUT2D eigenvalue weighted by atomic mass is 10.1. The van der Waals surface area contributed by atoms with Gasteiger partial charge in [0.2, 0.25) is 11.8 Å². The summed E-state index contributed by atoms with van der Waals surface area (Å²) in [7, 11) is -3.00. The maximum Gasteiger partial charge on any atom is 0.273 e. The Balaban J connectivity index is 2.02. The van der Waals surface area contributed by atoms with Crippen molar-refractivity contribution < 1.29 is 27.7 Å². The summed E-state index contributed by atoms with van der Waals surface area (Å²) in [6.45, 7) is 5.10. The lowest BCUT2D eigenvalue weighted by Gasteiger charge is -2.32. The molecule has 0 fully saturated rings. The second-order valence-corrected chi connectivity index (χ2v) is 11.9. The van der Waals surface area contributed by atoms with Crippen molar-refractivity contribution in [3.63, 3.8) is 0 Å². The molecule has 0 spiro atoms. The third-order valence-electron chi connectivity index (χ3n) is 7.09. The second kappa shape index (κ2) is 15.1. The van der Waals surface area contributed by atoms with Crippen molar-refractivity contribution in [2.24, 2.45) is 0 Å². The largest absolute Gasteiger partial charge is 0.497 e. The quantitative estimate of drug-likeness (QED) is 0.152. The van der Waals surface area contributed by atoms with E-state index in [1.165, 1.54) is 43.2 Å². The molecule has 1 unspecified atom stereocenters. The van der Waals surface area contributed by atoms with Crippen molar-refractivity contribution >= 4 is 33.2 Å². The normalized spacial score (nSPS) is 11.8. The van der Waals surface area contributed by atoms with Crippen molar-refractivity contribution in [2.75, 3.05) is 31.0 Å². The first-order valence-electron chi connectivity index (χ1n) is 14.0. The van der Waals surface area contributed by atoms with Gasteiger partial charge in [0.25, 0.3) is 15.7 Å². The summed E-state index contributed by atoms with van der Waals surface area (Å²) in [6.07, 6.45) is 2.11. The van der Waals surface area contributed by atoms with Crippen LogP contribution >= 0.6 is 0 Å². The van der Waals surface area contributed by atoms with E-state index in [0.29, 0.717) is 24.3 Å². The topological polar surface area (TPSA) is 139 Å². The highest BCUT2D eigenvalue weighted by Gasteiger charge is 2.33. The van der Waals surface area contributed by atoms with E-state index in [1.54, 1.807) is 19.1 Å². The van der Waals surface area contributed by atoms with Crippen LogP contribution in [-0.2, 0) is 26.0 Å². The minimum Gasteiger partial charge on any atom is -0.497 e. The number of carbonyl (C=O) groups is 2. The van der Waals surface area contributed by atoms with Gasteiger partial charge in [-0.2, -0.15) is 0 Å². The lowest BCUT2D eigenvalue weighted by Crippen LogP contribution is -2.52. The molecule has 0 saturated heterocycles. The molecule has 0 aliphatic rings. The Morgan fingerprint density at radius 2 is 1.72 bits per heavy atom. The molecule has 0 heterocycles. The average Bonchev–Trinajstić information content (AvgIpc) is 3.00. The minimum absolute atomic E-state index is 0.153. The molecule has 230 valence electrons. The summed E-state index contributed by atoms with van der Waals surface area (Å²) in [5.41, 5.74) is 1.04. The molecule has 3 aromatic rings. The number of nitro benzene ring substituents is 1. The van der Waals surface area contributed by atoms with Crippen molar-refractivity contribution in [2.45, 2.75) is 51.0 Å². The summed E-state index contributed by atoms with van der Waals surface area (Å²) in [4.78, 5) is 39.0. The molecule has 2 amide bonds. The van der Waals surface area contributed by atoms with Crippen LogP contribution in [0.3, 0.4) is 0 Å². The van der Waals surface area contributed by atoms with Crippen LogP contribution in [0.4, 0.5) is 11.4 Å². The number of nitro groups is 1. The molecule has 43 heavy (non-hydrogen) atoms. The van der Waals surface area contributed by atoms with Crippen molar-refractivity contribution in [3.05, 3.63) is 94.0 Å². The molecule has 0 bridgehead atoms. The Bertz CT molecular complexity index is 1510. The summed E-state index contributed by atoms with van der Waals surface area (Å²) in [5.74, 6) is -0.474. The fourth-order valence-corrected chi connectivity index (χ4v) is 5.89. The number of methoxy groups -OCH3 is 1. The molecule has 0 aliphatic heterocycles. The zero-order chi connectivity index (χ0) is 31.6. The first-order valence-corrected chi connectivity index (χ1v) is 15.5. The van der Waals surface area contributed by atoms with Gasteiger partial charge >= 0.3 is 0 Å². The van der Waals surface area contributed by atoms with Crippen LogP contribution in [0, 0.1) is 17.0 Å². The van der Waals surface area contributed by atoms with Crippen molar-refractivity contribution in [1.82, 2.24) is 10.2 Å². The summed E-state index contributed by atoms with van der Waals surface area (Å²) in [6, 6.07) is 18.3. The van der Waals surface area contributed by atoms with Gasteiger partial charge in [-0.3, -0.25) is 24.0 Å². The van der Waals surface area contributed by atoms with E-state index < -0.39 is 33.4 Å². The fraction of sp³-hybridized carbons (Fsp3) is 0.355. The highest BCUT2D eigenvalue weighted by molar-refractivity contribution is 7.92. The van der Waals surface area contributed by atoms with Gasteiger partial charge in [-0.25, -0.2) is 8.42 Å². The second-order valence-electron chi connectivity index (χ2n) is 10.1. The van der Waals surface area contributed by atoms with Crippen LogP contribution in [0.1, 0.15) is 37.8 Å². The van der Waals surface area contributed by atoms with E-state index in [9.17, 15) is 28.1 Å². The smallest absolute Gasteiger partial charge is 0.273 e. The standard InChI is InChI=1S/C31H38N4O7S/c1-5-6-19-32-31(37)24(3)33(20-18-25-10-8-7-9-11-25)30(36)22-34(26-13-15-27(42-4)16-14-26)43(40,41)28-17-12-23(2)29(21-28)35(38)39/h7-17,21,24H,5-6,18-20,22H2,1-4H3,(H,32,37). The van der Waals surface area contributed by atoms with E-state index in [4.69, 9.17) is 4.74 Å². The molecule has 12 heteroatoms. The number of aryl methyl sites for hydroxylation is 1. The SMILES string of the molecule is CCCCNC(=O)C(C)N(CCc1ccccc1)C(=O)CN(c1ccc(OC)cc1)S(=O)(=O)c1ccc(C)c([N+](=O)[O-])c1. The molecule has 0 aromatic heterocycles. The highest BCUT2D eigenvalue weighted by atomic mass is 32.2. The van der Waals surface area contributed by atoms with Crippen molar-refractivity contribution in [3.8, 4) is 5.75 Å².